The molecule has 1 unspecified atom stereocenters. The van der Waals surface area contributed by atoms with Crippen molar-refractivity contribution in [3.8, 4) is 11.5 Å². The fourth-order valence-corrected chi connectivity index (χ4v) is 2.36. The van der Waals surface area contributed by atoms with Gasteiger partial charge in [0.1, 0.15) is 18.1 Å². The van der Waals surface area contributed by atoms with E-state index in [2.05, 4.69) is 17.1 Å². The summed E-state index contributed by atoms with van der Waals surface area (Å²) in [5, 5.41) is 3.50. The summed E-state index contributed by atoms with van der Waals surface area (Å²) in [6.45, 7) is 7.34. The number of rotatable bonds is 5. The molecule has 1 aliphatic heterocycles. The van der Waals surface area contributed by atoms with Crippen molar-refractivity contribution >= 4 is 0 Å². The van der Waals surface area contributed by atoms with Gasteiger partial charge in [-0.3, -0.25) is 4.90 Å². The third-order valence-corrected chi connectivity index (χ3v) is 3.41. The molecule has 0 aliphatic carbocycles. The molecule has 1 aromatic carbocycles. The van der Waals surface area contributed by atoms with Gasteiger partial charge in [0.05, 0.1) is 7.11 Å². The highest BCUT2D eigenvalue weighted by Gasteiger charge is 2.13. The van der Waals surface area contributed by atoms with Crippen LogP contribution in [0.4, 0.5) is 0 Å². The van der Waals surface area contributed by atoms with E-state index in [0.717, 1.165) is 44.3 Å². The van der Waals surface area contributed by atoms with Crippen LogP contribution >= 0.6 is 0 Å². The normalized spacial score (nSPS) is 20.8. The molecule has 1 N–H and O–H groups in total. The molecular formula is C15H24N2O2. The van der Waals surface area contributed by atoms with Crippen LogP contribution in [0, 0.1) is 0 Å². The lowest BCUT2D eigenvalue weighted by atomic mass is 10.3. The van der Waals surface area contributed by atoms with E-state index in [9.17, 15) is 0 Å². The van der Waals surface area contributed by atoms with Gasteiger partial charge in [-0.25, -0.2) is 0 Å². The molecule has 2 rings (SSSR count). The van der Waals surface area contributed by atoms with Crippen LogP contribution in [0.2, 0.25) is 0 Å². The van der Waals surface area contributed by atoms with Crippen molar-refractivity contribution < 1.29 is 9.47 Å². The van der Waals surface area contributed by atoms with E-state index < -0.39 is 0 Å². The quantitative estimate of drug-likeness (QED) is 0.878. The zero-order chi connectivity index (χ0) is 13.5. The van der Waals surface area contributed by atoms with Gasteiger partial charge in [-0.2, -0.15) is 0 Å². The van der Waals surface area contributed by atoms with Gasteiger partial charge in [0, 0.05) is 19.1 Å². The van der Waals surface area contributed by atoms with E-state index in [4.69, 9.17) is 9.47 Å². The molecule has 1 heterocycles. The second-order valence-corrected chi connectivity index (χ2v) is 5.03. The van der Waals surface area contributed by atoms with Crippen molar-refractivity contribution in [1.82, 2.24) is 10.2 Å². The Morgan fingerprint density at radius 2 is 2.00 bits per heavy atom. The molecule has 0 radical (unpaired) electrons. The average molecular weight is 264 g/mol. The van der Waals surface area contributed by atoms with E-state index in [1.54, 1.807) is 7.11 Å². The van der Waals surface area contributed by atoms with Gasteiger partial charge in [-0.05, 0) is 50.7 Å². The van der Waals surface area contributed by atoms with E-state index in [-0.39, 0.29) is 0 Å². The smallest absolute Gasteiger partial charge is 0.119 e. The Labute approximate surface area is 115 Å². The molecule has 106 valence electrons. The molecule has 0 bridgehead atoms. The molecule has 1 atom stereocenters. The van der Waals surface area contributed by atoms with Crippen LogP contribution in [-0.4, -0.2) is 50.8 Å². The third kappa shape index (κ3) is 4.73. The highest BCUT2D eigenvalue weighted by Crippen LogP contribution is 2.16. The lowest BCUT2D eigenvalue weighted by Crippen LogP contribution is -2.37. The van der Waals surface area contributed by atoms with Gasteiger partial charge in [0.2, 0.25) is 0 Å². The number of nitrogens with zero attached hydrogens (tertiary/aromatic N) is 1. The van der Waals surface area contributed by atoms with E-state index >= 15 is 0 Å². The van der Waals surface area contributed by atoms with Crippen LogP contribution in [0.15, 0.2) is 24.3 Å². The van der Waals surface area contributed by atoms with Crippen LogP contribution < -0.4 is 14.8 Å². The molecule has 0 spiro atoms. The van der Waals surface area contributed by atoms with E-state index in [0.29, 0.717) is 6.04 Å². The molecule has 0 saturated carbocycles. The van der Waals surface area contributed by atoms with Crippen molar-refractivity contribution in [3.05, 3.63) is 24.3 Å². The molecule has 0 aromatic heterocycles. The second-order valence-electron chi connectivity index (χ2n) is 5.03. The lowest BCUT2D eigenvalue weighted by Gasteiger charge is -2.22. The number of nitrogens with one attached hydrogen (secondary N) is 1. The Bertz CT molecular complexity index is 367. The predicted molar refractivity (Wildman–Crippen MR) is 77.0 cm³/mol. The van der Waals surface area contributed by atoms with E-state index in [1.165, 1.54) is 6.42 Å². The minimum Gasteiger partial charge on any atom is -0.497 e. The molecule has 19 heavy (non-hydrogen) atoms. The number of methoxy groups -OCH3 is 1. The van der Waals surface area contributed by atoms with Crippen molar-refractivity contribution in [1.29, 1.82) is 0 Å². The van der Waals surface area contributed by atoms with Crippen LogP contribution in [0.1, 0.15) is 13.3 Å². The Hall–Kier alpha value is -1.26. The first-order valence-corrected chi connectivity index (χ1v) is 7.00. The monoisotopic (exact) mass is 264 g/mol. The third-order valence-electron chi connectivity index (χ3n) is 3.41. The number of benzene rings is 1. The highest BCUT2D eigenvalue weighted by molar-refractivity contribution is 5.31. The van der Waals surface area contributed by atoms with Gasteiger partial charge in [-0.1, -0.05) is 0 Å². The summed E-state index contributed by atoms with van der Waals surface area (Å²) in [6, 6.07) is 8.32. The Morgan fingerprint density at radius 1 is 1.26 bits per heavy atom. The van der Waals surface area contributed by atoms with Crippen molar-refractivity contribution in [2.24, 2.45) is 0 Å². The zero-order valence-corrected chi connectivity index (χ0v) is 11.9. The molecule has 4 heteroatoms. The summed E-state index contributed by atoms with van der Waals surface area (Å²) in [6.07, 6.45) is 1.22. The lowest BCUT2D eigenvalue weighted by molar-refractivity contribution is 0.208. The van der Waals surface area contributed by atoms with Gasteiger partial charge in [-0.15, -0.1) is 0 Å². The Balaban J connectivity index is 1.72. The summed E-state index contributed by atoms with van der Waals surface area (Å²) >= 11 is 0. The maximum Gasteiger partial charge on any atom is 0.119 e. The van der Waals surface area contributed by atoms with Gasteiger partial charge in [0.25, 0.3) is 0 Å². The fraction of sp³-hybridized carbons (Fsp3) is 0.600. The first-order chi connectivity index (χ1) is 9.28. The summed E-state index contributed by atoms with van der Waals surface area (Å²) in [5.41, 5.74) is 0. The first kappa shape index (κ1) is 14.2. The topological polar surface area (TPSA) is 33.7 Å². The van der Waals surface area contributed by atoms with Crippen molar-refractivity contribution in [3.63, 3.8) is 0 Å². The fourth-order valence-electron chi connectivity index (χ4n) is 2.36. The summed E-state index contributed by atoms with van der Waals surface area (Å²) in [7, 11) is 1.67. The molecule has 4 nitrogen and oxygen atoms in total. The van der Waals surface area contributed by atoms with Gasteiger partial charge in [0.15, 0.2) is 0 Å². The van der Waals surface area contributed by atoms with Crippen LogP contribution in [0.3, 0.4) is 0 Å². The average Bonchev–Trinajstić information content (AvgIpc) is 2.64. The summed E-state index contributed by atoms with van der Waals surface area (Å²) < 4.78 is 10.9. The number of hydrogen-bond donors (Lipinski definition) is 1. The highest BCUT2D eigenvalue weighted by atomic mass is 16.5. The van der Waals surface area contributed by atoms with Gasteiger partial charge < -0.3 is 14.8 Å². The van der Waals surface area contributed by atoms with Crippen molar-refractivity contribution in [2.75, 3.05) is 39.9 Å². The SMILES string of the molecule is COc1ccc(OCCN2CCCNC(C)C2)cc1. The zero-order valence-electron chi connectivity index (χ0n) is 11.9. The standard InChI is InChI=1S/C15H24N2O2/c1-13-12-17(9-3-8-16-13)10-11-19-15-6-4-14(18-2)5-7-15/h4-7,13,16H,3,8-12H2,1-2H3. The maximum atomic E-state index is 5.77. The van der Waals surface area contributed by atoms with E-state index in [1.807, 2.05) is 24.3 Å². The summed E-state index contributed by atoms with van der Waals surface area (Å²) in [5.74, 6) is 1.77. The molecule has 0 amide bonds. The molecular weight excluding hydrogens is 240 g/mol. The first-order valence-electron chi connectivity index (χ1n) is 7.00. The van der Waals surface area contributed by atoms with Crippen LogP contribution in [0.5, 0.6) is 11.5 Å². The van der Waals surface area contributed by atoms with Crippen LogP contribution in [0.25, 0.3) is 0 Å². The van der Waals surface area contributed by atoms with Crippen LogP contribution in [-0.2, 0) is 0 Å². The molecule has 1 aliphatic rings. The second kappa shape index (κ2) is 7.36. The number of hydrogen-bond acceptors (Lipinski definition) is 4. The Kier molecular flexibility index (Phi) is 5.48. The largest absolute Gasteiger partial charge is 0.497 e. The van der Waals surface area contributed by atoms with Crippen molar-refractivity contribution in [2.45, 2.75) is 19.4 Å². The number of ether oxygens (including phenoxy) is 2. The molecule has 1 fully saturated rings. The minimum atomic E-state index is 0.573. The predicted octanol–water partition coefficient (Wildman–Crippen LogP) is 1.76. The summed E-state index contributed by atoms with van der Waals surface area (Å²) in [4.78, 5) is 2.47. The molecule has 1 aromatic rings. The minimum absolute atomic E-state index is 0.573. The maximum absolute atomic E-state index is 5.77. The van der Waals surface area contributed by atoms with Gasteiger partial charge >= 0.3 is 0 Å². The Morgan fingerprint density at radius 3 is 2.74 bits per heavy atom. The molecule has 1 saturated heterocycles.